The van der Waals surface area contributed by atoms with Crippen LogP contribution in [0.4, 0.5) is 11.4 Å². The lowest BCUT2D eigenvalue weighted by molar-refractivity contribution is -0.119. The number of anilines is 2. The van der Waals surface area contributed by atoms with Gasteiger partial charge in [-0.3, -0.25) is 4.79 Å². The van der Waals surface area contributed by atoms with Crippen LogP contribution in [-0.2, 0) is 4.79 Å². The van der Waals surface area contributed by atoms with E-state index >= 15 is 0 Å². The molecule has 5 heteroatoms. The number of nitrogens with two attached hydrogens (primary N) is 1. The van der Waals surface area contributed by atoms with Gasteiger partial charge in [-0.1, -0.05) is 0 Å². The van der Waals surface area contributed by atoms with E-state index in [1.165, 1.54) is 0 Å². The molecule has 0 saturated heterocycles. The fraction of sp³-hybridized carbons (Fsp3) is 0.417. The average molecular weight is 237 g/mol. The zero-order chi connectivity index (χ0) is 12.8. The van der Waals surface area contributed by atoms with Gasteiger partial charge in [0.25, 0.3) is 0 Å². The molecule has 0 bridgehead atoms. The van der Waals surface area contributed by atoms with E-state index in [-0.39, 0.29) is 18.5 Å². The fourth-order valence-corrected chi connectivity index (χ4v) is 1.36. The predicted octanol–water partition coefficient (Wildman–Crippen LogP) is 1.21. The third-order valence-corrected chi connectivity index (χ3v) is 2.15. The topological polar surface area (TPSA) is 76.4 Å². The second-order valence-electron chi connectivity index (χ2n) is 4.03. The summed E-state index contributed by atoms with van der Waals surface area (Å²) in [7, 11) is 1.58. The number of hydrogen-bond donors (Lipinski definition) is 3. The van der Waals surface area contributed by atoms with E-state index in [2.05, 4.69) is 10.6 Å². The van der Waals surface area contributed by atoms with Gasteiger partial charge in [-0.15, -0.1) is 0 Å². The van der Waals surface area contributed by atoms with Crippen molar-refractivity contribution in [2.24, 2.45) is 0 Å². The van der Waals surface area contributed by atoms with E-state index in [0.717, 1.165) is 0 Å². The number of benzene rings is 1. The minimum atomic E-state index is -0.0674. The summed E-state index contributed by atoms with van der Waals surface area (Å²) in [4.78, 5) is 11.4. The maximum atomic E-state index is 11.4. The molecule has 0 atom stereocenters. The smallest absolute Gasteiger partial charge is 0.239 e. The van der Waals surface area contributed by atoms with Crippen LogP contribution in [0.1, 0.15) is 13.8 Å². The average Bonchev–Trinajstić information content (AvgIpc) is 2.27. The summed E-state index contributed by atoms with van der Waals surface area (Å²) in [5.74, 6) is 0.633. The van der Waals surface area contributed by atoms with E-state index < -0.39 is 0 Å². The van der Waals surface area contributed by atoms with Crippen LogP contribution < -0.4 is 21.1 Å². The number of hydrogen-bond acceptors (Lipinski definition) is 4. The van der Waals surface area contributed by atoms with Crippen LogP contribution in [-0.4, -0.2) is 25.6 Å². The van der Waals surface area contributed by atoms with Gasteiger partial charge in [0.05, 0.1) is 25.0 Å². The first-order valence-corrected chi connectivity index (χ1v) is 5.49. The van der Waals surface area contributed by atoms with Crippen LogP contribution in [0.25, 0.3) is 0 Å². The van der Waals surface area contributed by atoms with Crippen molar-refractivity contribution in [1.82, 2.24) is 5.32 Å². The Morgan fingerprint density at radius 3 is 2.76 bits per heavy atom. The van der Waals surface area contributed by atoms with Gasteiger partial charge in [-0.05, 0) is 26.0 Å². The fourth-order valence-electron chi connectivity index (χ4n) is 1.36. The first-order valence-electron chi connectivity index (χ1n) is 5.49. The van der Waals surface area contributed by atoms with E-state index in [4.69, 9.17) is 10.5 Å². The first-order chi connectivity index (χ1) is 8.02. The van der Waals surface area contributed by atoms with Gasteiger partial charge in [0, 0.05) is 12.1 Å². The van der Waals surface area contributed by atoms with Crippen molar-refractivity contribution in [3.8, 4) is 5.75 Å². The Hall–Kier alpha value is -1.91. The molecule has 0 aliphatic carbocycles. The lowest BCUT2D eigenvalue weighted by atomic mass is 10.2. The van der Waals surface area contributed by atoms with Gasteiger partial charge >= 0.3 is 0 Å². The summed E-state index contributed by atoms with van der Waals surface area (Å²) in [6, 6.07) is 5.40. The highest BCUT2D eigenvalue weighted by atomic mass is 16.5. The molecule has 17 heavy (non-hydrogen) atoms. The summed E-state index contributed by atoms with van der Waals surface area (Å²) in [6.07, 6.45) is 0. The van der Waals surface area contributed by atoms with Crippen LogP contribution in [0.3, 0.4) is 0 Å². The van der Waals surface area contributed by atoms with E-state index in [1.807, 2.05) is 13.8 Å². The molecule has 1 rings (SSSR count). The normalized spacial score (nSPS) is 10.1. The maximum absolute atomic E-state index is 11.4. The molecule has 0 aliphatic rings. The summed E-state index contributed by atoms with van der Waals surface area (Å²) >= 11 is 0. The molecule has 0 unspecified atom stereocenters. The summed E-state index contributed by atoms with van der Waals surface area (Å²) < 4.78 is 5.09. The minimum absolute atomic E-state index is 0.0674. The second-order valence-corrected chi connectivity index (χ2v) is 4.03. The largest absolute Gasteiger partial charge is 0.497 e. The molecule has 0 aliphatic heterocycles. The summed E-state index contributed by atoms with van der Waals surface area (Å²) in [6.45, 7) is 4.02. The lowest BCUT2D eigenvalue weighted by Gasteiger charge is -2.12. The summed E-state index contributed by atoms with van der Waals surface area (Å²) in [5.41, 5.74) is 7.07. The Morgan fingerprint density at radius 2 is 2.18 bits per heavy atom. The molecular formula is C12H19N3O2. The Kier molecular flexibility index (Phi) is 4.63. The number of carbonyl (C=O) groups is 1. The van der Waals surface area contributed by atoms with Crippen molar-refractivity contribution in [3.05, 3.63) is 18.2 Å². The molecule has 0 aromatic heterocycles. The summed E-state index contributed by atoms with van der Waals surface area (Å²) in [5, 5.41) is 5.76. The van der Waals surface area contributed by atoms with Crippen molar-refractivity contribution in [3.63, 3.8) is 0 Å². The molecule has 0 radical (unpaired) electrons. The molecule has 0 spiro atoms. The van der Waals surface area contributed by atoms with E-state index in [0.29, 0.717) is 17.1 Å². The molecule has 0 fully saturated rings. The third kappa shape index (κ3) is 4.22. The molecule has 94 valence electrons. The maximum Gasteiger partial charge on any atom is 0.239 e. The molecule has 5 nitrogen and oxygen atoms in total. The SMILES string of the molecule is COc1ccc(N)c(NCC(=O)NC(C)C)c1. The first kappa shape index (κ1) is 13.2. The zero-order valence-corrected chi connectivity index (χ0v) is 10.4. The van der Waals surface area contributed by atoms with Crippen LogP contribution in [0.5, 0.6) is 5.75 Å². The number of nitrogens with one attached hydrogen (secondary N) is 2. The molecule has 0 heterocycles. The molecule has 1 aromatic carbocycles. The number of carbonyl (C=O) groups excluding carboxylic acids is 1. The Labute approximate surface area is 101 Å². The van der Waals surface area contributed by atoms with Crippen LogP contribution in [0.2, 0.25) is 0 Å². The number of amides is 1. The highest BCUT2D eigenvalue weighted by molar-refractivity contribution is 5.82. The molecular weight excluding hydrogens is 218 g/mol. The van der Waals surface area contributed by atoms with Crippen molar-refractivity contribution < 1.29 is 9.53 Å². The van der Waals surface area contributed by atoms with Gasteiger partial charge in [0.15, 0.2) is 0 Å². The Bertz CT molecular complexity index is 391. The van der Waals surface area contributed by atoms with Crippen molar-refractivity contribution in [2.75, 3.05) is 24.7 Å². The molecule has 1 aromatic rings. The quantitative estimate of drug-likeness (QED) is 0.673. The van der Waals surface area contributed by atoms with Crippen molar-refractivity contribution in [2.45, 2.75) is 19.9 Å². The Morgan fingerprint density at radius 1 is 1.47 bits per heavy atom. The van der Waals surface area contributed by atoms with Crippen molar-refractivity contribution >= 4 is 17.3 Å². The Balaban J connectivity index is 2.59. The monoisotopic (exact) mass is 237 g/mol. The van der Waals surface area contributed by atoms with Gasteiger partial charge in [-0.2, -0.15) is 0 Å². The number of ether oxygens (including phenoxy) is 1. The number of rotatable bonds is 5. The van der Waals surface area contributed by atoms with Gasteiger partial charge in [0.2, 0.25) is 5.91 Å². The highest BCUT2D eigenvalue weighted by Gasteiger charge is 2.05. The minimum Gasteiger partial charge on any atom is -0.497 e. The zero-order valence-electron chi connectivity index (χ0n) is 10.4. The van der Waals surface area contributed by atoms with E-state index in [1.54, 1.807) is 25.3 Å². The lowest BCUT2D eigenvalue weighted by Crippen LogP contribution is -2.34. The number of nitrogen functional groups attached to an aromatic ring is 1. The standard InChI is InChI=1S/C12H19N3O2/c1-8(2)15-12(16)7-14-11-6-9(17-3)4-5-10(11)13/h4-6,8,14H,7,13H2,1-3H3,(H,15,16). The van der Waals surface area contributed by atoms with Crippen molar-refractivity contribution in [1.29, 1.82) is 0 Å². The number of methoxy groups -OCH3 is 1. The molecule has 4 N–H and O–H groups in total. The van der Waals surface area contributed by atoms with Crippen LogP contribution >= 0.6 is 0 Å². The van der Waals surface area contributed by atoms with Gasteiger partial charge in [0.1, 0.15) is 5.75 Å². The second kappa shape index (κ2) is 5.98. The van der Waals surface area contributed by atoms with Gasteiger partial charge in [-0.25, -0.2) is 0 Å². The van der Waals surface area contributed by atoms with Gasteiger partial charge < -0.3 is 21.1 Å². The molecule has 1 amide bonds. The molecule has 0 saturated carbocycles. The van der Waals surface area contributed by atoms with Crippen LogP contribution in [0, 0.1) is 0 Å². The highest BCUT2D eigenvalue weighted by Crippen LogP contribution is 2.23. The third-order valence-electron chi connectivity index (χ3n) is 2.15. The van der Waals surface area contributed by atoms with E-state index in [9.17, 15) is 4.79 Å². The van der Waals surface area contributed by atoms with Crippen LogP contribution in [0.15, 0.2) is 18.2 Å². The predicted molar refractivity (Wildman–Crippen MR) is 69.2 cm³/mol.